The van der Waals surface area contributed by atoms with Gasteiger partial charge in [0.25, 0.3) is 11.8 Å². The minimum atomic E-state index is -0.582. The van der Waals surface area contributed by atoms with Crippen LogP contribution in [0.1, 0.15) is 29.2 Å². The van der Waals surface area contributed by atoms with Crippen LogP contribution in [0.3, 0.4) is 0 Å². The Morgan fingerprint density at radius 1 is 1.00 bits per heavy atom. The predicted molar refractivity (Wildman–Crippen MR) is 146 cm³/mol. The molecule has 0 saturated carbocycles. The average Bonchev–Trinajstić information content (AvgIpc) is 2.84. The number of para-hydroxylation sites is 1. The number of amides is 2. The predicted octanol–water partition coefficient (Wildman–Crippen LogP) is 5.77. The van der Waals surface area contributed by atoms with Crippen molar-refractivity contribution in [3.8, 4) is 11.5 Å². The molecule has 1 heterocycles. The molecule has 0 atom stereocenters. The van der Waals surface area contributed by atoms with E-state index in [9.17, 15) is 9.59 Å². The molecule has 0 aliphatic carbocycles. The number of hydrogen-bond acceptors (Lipinski definition) is 5. The van der Waals surface area contributed by atoms with Crippen LogP contribution in [-0.4, -0.2) is 23.5 Å². The number of carbonyl (C=O) groups is 2. The number of nitrogens with zero attached hydrogens (tertiary/aromatic N) is 1. The van der Waals surface area contributed by atoms with E-state index in [-0.39, 0.29) is 10.7 Å². The number of ether oxygens (including phenoxy) is 2. The minimum Gasteiger partial charge on any atom is -0.490 e. The Balaban J connectivity index is 1.65. The number of benzene rings is 3. The number of carbonyl (C=O) groups excluding carboxylic acids is 2. The molecule has 8 heteroatoms. The molecule has 4 rings (SSSR count). The number of halogens is 1. The van der Waals surface area contributed by atoms with Crippen molar-refractivity contribution in [2.24, 2.45) is 0 Å². The third kappa shape index (κ3) is 5.42. The Morgan fingerprint density at radius 3 is 2.44 bits per heavy atom. The first kappa shape index (κ1) is 25.4. The van der Waals surface area contributed by atoms with Gasteiger partial charge in [0.15, 0.2) is 16.6 Å². The fourth-order valence-corrected chi connectivity index (χ4v) is 4.31. The number of aryl methyl sites for hydroxylation is 2. The summed E-state index contributed by atoms with van der Waals surface area (Å²) >= 11 is 11.8. The maximum Gasteiger partial charge on any atom is 0.270 e. The van der Waals surface area contributed by atoms with Gasteiger partial charge in [-0.05, 0) is 85.6 Å². The summed E-state index contributed by atoms with van der Waals surface area (Å²) in [4.78, 5) is 27.2. The van der Waals surface area contributed by atoms with Gasteiger partial charge in [0.1, 0.15) is 12.2 Å². The van der Waals surface area contributed by atoms with Crippen LogP contribution in [0.25, 0.3) is 6.08 Å². The third-order valence-corrected chi connectivity index (χ3v) is 6.28. The highest BCUT2D eigenvalue weighted by atomic mass is 35.5. The monoisotopic (exact) mass is 520 g/mol. The SMILES string of the molecule is CCOc1cc(/C=C2/C(=O)NC(=S)N(c3ccccc3)C2=O)cc(Cl)c1OCc1ccc(C)c(C)c1. The summed E-state index contributed by atoms with van der Waals surface area (Å²) in [6.07, 6.45) is 1.47. The van der Waals surface area contributed by atoms with Crippen LogP contribution in [0.4, 0.5) is 5.69 Å². The Morgan fingerprint density at radius 2 is 1.75 bits per heavy atom. The Kier molecular flexibility index (Phi) is 7.72. The van der Waals surface area contributed by atoms with Gasteiger partial charge in [-0.25, -0.2) is 0 Å². The standard InChI is InChI=1S/C28H25ClN2O4S/c1-4-34-24-15-20(14-23(29)25(24)35-16-19-11-10-17(2)18(3)12-19)13-22-26(32)30-28(36)31(27(22)33)21-8-6-5-7-9-21/h5-15H,4,16H2,1-3H3,(H,30,32,36)/b22-13-. The zero-order chi connectivity index (χ0) is 25.8. The van der Waals surface area contributed by atoms with Crippen molar-refractivity contribution >= 4 is 52.5 Å². The summed E-state index contributed by atoms with van der Waals surface area (Å²) in [5.74, 6) is -0.300. The molecule has 6 nitrogen and oxygen atoms in total. The number of rotatable bonds is 7. The molecule has 1 aliphatic rings. The number of anilines is 1. The lowest BCUT2D eigenvalue weighted by molar-refractivity contribution is -0.122. The third-order valence-electron chi connectivity index (χ3n) is 5.71. The maximum absolute atomic E-state index is 13.2. The van der Waals surface area contributed by atoms with Crippen LogP contribution < -0.4 is 19.7 Å². The van der Waals surface area contributed by atoms with Gasteiger partial charge in [-0.3, -0.25) is 19.8 Å². The first-order chi connectivity index (χ1) is 17.3. The van der Waals surface area contributed by atoms with Gasteiger partial charge in [-0.15, -0.1) is 0 Å². The Hall–Kier alpha value is -3.68. The van der Waals surface area contributed by atoms with Crippen LogP contribution in [0.2, 0.25) is 5.02 Å². The van der Waals surface area contributed by atoms with E-state index in [1.165, 1.54) is 22.1 Å². The molecule has 36 heavy (non-hydrogen) atoms. The topological polar surface area (TPSA) is 67.9 Å². The average molecular weight is 521 g/mol. The second kappa shape index (κ2) is 10.9. The van der Waals surface area contributed by atoms with Crippen molar-refractivity contribution in [3.63, 3.8) is 0 Å². The zero-order valence-electron chi connectivity index (χ0n) is 20.1. The highest BCUT2D eigenvalue weighted by molar-refractivity contribution is 7.80. The van der Waals surface area contributed by atoms with E-state index >= 15 is 0 Å². The highest BCUT2D eigenvalue weighted by Gasteiger charge is 2.34. The molecule has 3 aromatic carbocycles. The summed E-state index contributed by atoms with van der Waals surface area (Å²) in [7, 11) is 0. The highest BCUT2D eigenvalue weighted by Crippen LogP contribution is 2.38. The summed E-state index contributed by atoms with van der Waals surface area (Å²) in [6, 6.07) is 18.3. The van der Waals surface area contributed by atoms with Crippen LogP contribution in [0, 0.1) is 13.8 Å². The van der Waals surface area contributed by atoms with Gasteiger partial charge in [0.2, 0.25) is 0 Å². The van der Waals surface area contributed by atoms with E-state index in [0.29, 0.717) is 41.0 Å². The van der Waals surface area contributed by atoms with E-state index in [4.69, 9.17) is 33.3 Å². The fraction of sp³-hybridized carbons (Fsp3) is 0.179. The molecule has 0 spiro atoms. The van der Waals surface area contributed by atoms with E-state index in [0.717, 1.165) is 5.56 Å². The molecule has 0 unspecified atom stereocenters. The van der Waals surface area contributed by atoms with Gasteiger partial charge in [0, 0.05) is 0 Å². The molecule has 0 aromatic heterocycles. The van der Waals surface area contributed by atoms with E-state index < -0.39 is 11.8 Å². The number of nitrogens with one attached hydrogen (secondary N) is 1. The lowest BCUT2D eigenvalue weighted by Crippen LogP contribution is -2.54. The van der Waals surface area contributed by atoms with E-state index in [1.807, 2.05) is 32.0 Å². The second-order valence-corrected chi connectivity index (χ2v) is 9.06. The van der Waals surface area contributed by atoms with Crippen LogP contribution in [-0.2, 0) is 16.2 Å². The number of hydrogen-bond donors (Lipinski definition) is 1. The van der Waals surface area contributed by atoms with Crippen molar-refractivity contribution in [2.75, 3.05) is 11.5 Å². The summed E-state index contributed by atoms with van der Waals surface area (Å²) in [5.41, 5.74) is 4.38. The second-order valence-electron chi connectivity index (χ2n) is 8.26. The van der Waals surface area contributed by atoms with Gasteiger partial charge >= 0.3 is 0 Å². The molecule has 0 radical (unpaired) electrons. The van der Waals surface area contributed by atoms with Crippen molar-refractivity contribution < 1.29 is 19.1 Å². The van der Waals surface area contributed by atoms with Gasteiger partial charge in [-0.1, -0.05) is 48.0 Å². The Labute approximate surface area is 220 Å². The largest absolute Gasteiger partial charge is 0.490 e. The normalized spacial score (nSPS) is 14.7. The van der Waals surface area contributed by atoms with Crippen molar-refractivity contribution in [1.82, 2.24) is 5.32 Å². The molecular formula is C28H25ClN2O4S. The first-order valence-corrected chi connectivity index (χ1v) is 12.2. The van der Waals surface area contributed by atoms with Crippen molar-refractivity contribution in [3.05, 3.63) is 93.5 Å². The molecule has 0 bridgehead atoms. The summed E-state index contributed by atoms with van der Waals surface area (Å²) in [5, 5.41) is 2.91. The van der Waals surface area contributed by atoms with Crippen LogP contribution in [0.5, 0.6) is 11.5 Å². The molecule has 1 fully saturated rings. The van der Waals surface area contributed by atoms with E-state index in [1.54, 1.807) is 36.4 Å². The zero-order valence-corrected chi connectivity index (χ0v) is 21.7. The van der Waals surface area contributed by atoms with Crippen LogP contribution >= 0.6 is 23.8 Å². The van der Waals surface area contributed by atoms with Crippen LogP contribution in [0.15, 0.2) is 66.2 Å². The van der Waals surface area contributed by atoms with Gasteiger partial charge in [-0.2, -0.15) is 0 Å². The lowest BCUT2D eigenvalue weighted by Gasteiger charge is -2.28. The smallest absolute Gasteiger partial charge is 0.270 e. The van der Waals surface area contributed by atoms with Gasteiger partial charge < -0.3 is 9.47 Å². The minimum absolute atomic E-state index is 0.0245. The first-order valence-electron chi connectivity index (χ1n) is 11.4. The molecule has 184 valence electrons. The summed E-state index contributed by atoms with van der Waals surface area (Å²) < 4.78 is 11.8. The molecule has 2 amide bonds. The number of thiocarbonyl (C=S) groups is 1. The van der Waals surface area contributed by atoms with E-state index in [2.05, 4.69) is 18.3 Å². The molecule has 1 N–H and O–H groups in total. The van der Waals surface area contributed by atoms with Crippen molar-refractivity contribution in [1.29, 1.82) is 0 Å². The molecule has 3 aromatic rings. The lowest BCUT2D eigenvalue weighted by atomic mass is 10.1. The fourth-order valence-electron chi connectivity index (χ4n) is 3.76. The maximum atomic E-state index is 13.2. The molecular weight excluding hydrogens is 496 g/mol. The Bertz CT molecular complexity index is 1370. The molecule has 1 saturated heterocycles. The van der Waals surface area contributed by atoms with Crippen molar-refractivity contribution in [2.45, 2.75) is 27.4 Å². The van der Waals surface area contributed by atoms with Gasteiger partial charge in [0.05, 0.1) is 17.3 Å². The quantitative estimate of drug-likeness (QED) is 0.243. The summed E-state index contributed by atoms with van der Waals surface area (Å²) in [6.45, 7) is 6.65. The molecule has 1 aliphatic heterocycles.